The summed E-state index contributed by atoms with van der Waals surface area (Å²) in [4.78, 5) is 23.0. The van der Waals surface area contributed by atoms with Gasteiger partial charge >= 0.3 is 0 Å². The van der Waals surface area contributed by atoms with Crippen LogP contribution in [0.1, 0.15) is 18.3 Å². The number of imidazole rings is 1. The number of H-pyrrole nitrogens is 1. The van der Waals surface area contributed by atoms with E-state index in [4.69, 9.17) is 21.1 Å². The molecule has 0 unspecified atom stereocenters. The molecule has 2 aromatic carbocycles. The molecule has 3 aromatic rings. The molecule has 0 radical (unpaired) electrons. The molecule has 4 rings (SSSR count). The van der Waals surface area contributed by atoms with E-state index in [-0.39, 0.29) is 22.4 Å². The van der Waals surface area contributed by atoms with E-state index < -0.39 is 0 Å². The third-order valence-corrected chi connectivity index (χ3v) is 5.12. The number of phenolic OH excluding ortho intramolecular Hbond substituents is 1. The lowest BCUT2D eigenvalue weighted by Crippen LogP contribution is -2.41. The number of carbonyl (C=O) groups is 1. The zero-order valence-corrected chi connectivity index (χ0v) is 17.3. The second-order valence-corrected chi connectivity index (χ2v) is 7.25. The minimum absolute atomic E-state index is 0.125. The molecule has 0 spiro atoms. The molecule has 1 fully saturated rings. The Kier molecular flexibility index (Phi) is 5.92. The summed E-state index contributed by atoms with van der Waals surface area (Å²) in [6, 6.07) is 10.8. The standard InChI is InChI=1S/C22H22ClN3O4/c1-2-30-19-13-14(12-16(23)20(19)27)11-15(22(28)26-7-9-29-10-8-26)21-24-17-5-3-4-6-18(17)25-21/h3-6,11-13,27H,2,7-10H2,1H3,(H,24,25)/b15-11+. The number of nitrogens with one attached hydrogen (secondary N) is 1. The van der Waals surface area contributed by atoms with Gasteiger partial charge in [-0.25, -0.2) is 4.98 Å². The Labute approximate surface area is 178 Å². The highest BCUT2D eigenvalue weighted by atomic mass is 35.5. The SMILES string of the molecule is CCOc1cc(/C=C(/C(=O)N2CCOCC2)c2nc3ccccc3[nH]2)cc(Cl)c1O. The lowest BCUT2D eigenvalue weighted by molar-refractivity contribution is -0.128. The van der Waals surface area contributed by atoms with E-state index in [0.29, 0.717) is 49.9 Å². The van der Waals surface area contributed by atoms with Crippen molar-refractivity contribution in [3.63, 3.8) is 0 Å². The van der Waals surface area contributed by atoms with Crippen LogP contribution < -0.4 is 4.74 Å². The number of carbonyl (C=O) groups excluding carboxylic acids is 1. The number of rotatable bonds is 5. The fourth-order valence-corrected chi connectivity index (χ4v) is 3.58. The summed E-state index contributed by atoms with van der Waals surface area (Å²) in [5, 5.41) is 10.3. The number of ether oxygens (including phenoxy) is 2. The number of nitrogens with zero attached hydrogens (tertiary/aromatic N) is 2. The molecule has 1 aliphatic rings. The Bertz CT molecular complexity index is 1070. The Balaban J connectivity index is 1.81. The molecule has 2 heterocycles. The number of aromatic nitrogens is 2. The highest BCUT2D eigenvalue weighted by Crippen LogP contribution is 2.36. The third-order valence-electron chi connectivity index (χ3n) is 4.83. The van der Waals surface area contributed by atoms with Crippen LogP contribution in [0.15, 0.2) is 36.4 Å². The fraction of sp³-hybridized carbons (Fsp3) is 0.273. The van der Waals surface area contributed by atoms with Gasteiger partial charge in [-0.2, -0.15) is 0 Å². The predicted octanol–water partition coefficient (Wildman–Crippen LogP) is 3.72. The third kappa shape index (κ3) is 4.13. The molecule has 1 aliphatic heterocycles. The first-order chi connectivity index (χ1) is 14.6. The summed E-state index contributed by atoms with van der Waals surface area (Å²) in [5.74, 6) is 0.453. The van der Waals surface area contributed by atoms with Crippen LogP contribution >= 0.6 is 11.6 Å². The van der Waals surface area contributed by atoms with Crippen LogP contribution in [0.4, 0.5) is 0 Å². The second-order valence-electron chi connectivity index (χ2n) is 6.85. The lowest BCUT2D eigenvalue weighted by atomic mass is 10.1. The highest BCUT2D eigenvalue weighted by Gasteiger charge is 2.24. The Morgan fingerprint density at radius 2 is 2.10 bits per heavy atom. The number of benzene rings is 2. The zero-order chi connectivity index (χ0) is 21.1. The van der Waals surface area contributed by atoms with Crippen molar-refractivity contribution in [2.45, 2.75) is 6.92 Å². The van der Waals surface area contributed by atoms with Gasteiger partial charge in [0.05, 0.1) is 41.4 Å². The van der Waals surface area contributed by atoms with Crippen molar-refractivity contribution < 1.29 is 19.4 Å². The predicted molar refractivity (Wildman–Crippen MR) is 116 cm³/mol. The van der Waals surface area contributed by atoms with Crippen LogP contribution in [-0.2, 0) is 9.53 Å². The van der Waals surface area contributed by atoms with Gasteiger partial charge in [0.1, 0.15) is 5.82 Å². The van der Waals surface area contributed by atoms with Gasteiger partial charge in [-0.15, -0.1) is 0 Å². The van der Waals surface area contributed by atoms with E-state index in [1.807, 2.05) is 31.2 Å². The van der Waals surface area contributed by atoms with Gasteiger partial charge in [0.15, 0.2) is 11.5 Å². The monoisotopic (exact) mass is 427 g/mol. The fourth-order valence-electron chi connectivity index (χ4n) is 3.36. The summed E-state index contributed by atoms with van der Waals surface area (Å²) in [5.41, 5.74) is 2.63. The molecule has 0 bridgehead atoms. The first-order valence-corrected chi connectivity index (χ1v) is 10.1. The smallest absolute Gasteiger partial charge is 0.257 e. The Hall–Kier alpha value is -3.03. The number of aromatic hydroxyl groups is 1. The van der Waals surface area contributed by atoms with E-state index in [0.717, 1.165) is 11.0 Å². The van der Waals surface area contributed by atoms with Crippen molar-refractivity contribution in [2.24, 2.45) is 0 Å². The van der Waals surface area contributed by atoms with E-state index in [9.17, 15) is 9.90 Å². The molecule has 156 valence electrons. The number of aromatic amines is 1. The van der Waals surface area contributed by atoms with Crippen LogP contribution in [0.5, 0.6) is 11.5 Å². The Morgan fingerprint density at radius 1 is 1.33 bits per heavy atom. The first-order valence-electron chi connectivity index (χ1n) is 9.76. The van der Waals surface area contributed by atoms with Gasteiger partial charge in [0.25, 0.3) is 5.91 Å². The van der Waals surface area contributed by atoms with E-state index in [2.05, 4.69) is 9.97 Å². The van der Waals surface area contributed by atoms with Crippen LogP contribution in [0, 0.1) is 0 Å². The van der Waals surface area contributed by atoms with Gasteiger partial charge in [-0.05, 0) is 42.8 Å². The largest absolute Gasteiger partial charge is 0.503 e. The number of phenols is 1. The van der Waals surface area contributed by atoms with E-state index in [1.54, 1.807) is 23.1 Å². The van der Waals surface area contributed by atoms with Crippen molar-refractivity contribution in [1.29, 1.82) is 0 Å². The molecule has 0 atom stereocenters. The van der Waals surface area contributed by atoms with Gasteiger partial charge < -0.3 is 24.5 Å². The molecule has 0 aliphatic carbocycles. The van der Waals surface area contributed by atoms with Gasteiger partial charge in [0, 0.05) is 13.1 Å². The number of halogens is 1. The number of para-hydroxylation sites is 2. The van der Waals surface area contributed by atoms with Crippen LogP contribution in [-0.4, -0.2) is 58.8 Å². The normalized spacial score (nSPS) is 14.9. The summed E-state index contributed by atoms with van der Waals surface area (Å²) in [6.45, 7) is 4.21. The van der Waals surface area contributed by atoms with Crippen molar-refractivity contribution in [1.82, 2.24) is 14.9 Å². The molecule has 8 heteroatoms. The molecule has 1 saturated heterocycles. The van der Waals surface area contributed by atoms with Crippen LogP contribution in [0.25, 0.3) is 22.7 Å². The van der Waals surface area contributed by atoms with Gasteiger partial charge in [0.2, 0.25) is 0 Å². The molecule has 30 heavy (non-hydrogen) atoms. The number of fused-ring (bicyclic) bond motifs is 1. The number of hydrogen-bond donors (Lipinski definition) is 2. The number of amides is 1. The van der Waals surface area contributed by atoms with Crippen molar-refractivity contribution in [2.75, 3.05) is 32.9 Å². The maximum absolute atomic E-state index is 13.4. The van der Waals surface area contributed by atoms with Crippen molar-refractivity contribution >= 4 is 40.2 Å². The van der Waals surface area contributed by atoms with Crippen LogP contribution in [0.2, 0.25) is 5.02 Å². The molecule has 1 aromatic heterocycles. The molecular weight excluding hydrogens is 406 g/mol. The molecular formula is C22H22ClN3O4. The number of morpholine rings is 1. The summed E-state index contributed by atoms with van der Waals surface area (Å²) < 4.78 is 10.8. The lowest BCUT2D eigenvalue weighted by Gasteiger charge is -2.27. The minimum atomic E-state index is -0.153. The second kappa shape index (κ2) is 8.77. The maximum atomic E-state index is 13.4. The topological polar surface area (TPSA) is 87.7 Å². The maximum Gasteiger partial charge on any atom is 0.257 e. The molecule has 2 N–H and O–H groups in total. The molecule has 1 amide bonds. The van der Waals surface area contributed by atoms with E-state index >= 15 is 0 Å². The average Bonchev–Trinajstić information content (AvgIpc) is 3.19. The van der Waals surface area contributed by atoms with Crippen molar-refractivity contribution in [3.8, 4) is 11.5 Å². The number of hydrogen-bond acceptors (Lipinski definition) is 5. The Morgan fingerprint density at radius 3 is 2.83 bits per heavy atom. The van der Waals surface area contributed by atoms with Gasteiger partial charge in [-0.1, -0.05) is 23.7 Å². The summed E-state index contributed by atoms with van der Waals surface area (Å²) in [7, 11) is 0. The zero-order valence-electron chi connectivity index (χ0n) is 16.5. The average molecular weight is 428 g/mol. The molecule has 7 nitrogen and oxygen atoms in total. The summed E-state index contributed by atoms with van der Waals surface area (Å²) in [6.07, 6.45) is 1.71. The first kappa shape index (κ1) is 20.3. The van der Waals surface area contributed by atoms with E-state index in [1.165, 1.54) is 0 Å². The highest BCUT2D eigenvalue weighted by molar-refractivity contribution is 6.32. The minimum Gasteiger partial charge on any atom is -0.503 e. The quantitative estimate of drug-likeness (QED) is 0.606. The molecule has 0 saturated carbocycles. The van der Waals surface area contributed by atoms with Crippen molar-refractivity contribution in [3.05, 3.63) is 52.8 Å². The van der Waals surface area contributed by atoms with Gasteiger partial charge in [-0.3, -0.25) is 4.79 Å². The summed E-state index contributed by atoms with van der Waals surface area (Å²) >= 11 is 6.18. The van der Waals surface area contributed by atoms with Crippen LogP contribution in [0.3, 0.4) is 0 Å².